The van der Waals surface area contributed by atoms with Crippen molar-refractivity contribution in [3.8, 4) is 0 Å². The number of carbonyl (C=O) groups excluding carboxylic acids is 3. The maximum Gasteiger partial charge on any atom is 0.339 e. The number of likely N-dealkylation sites (tertiary alicyclic amines) is 1. The van der Waals surface area contributed by atoms with Gasteiger partial charge in [-0.3, -0.25) is 14.5 Å². The van der Waals surface area contributed by atoms with E-state index >= 15 is 0 Å². The van der Waals surface area contributed by atoms with Crippen LogP contribution in [0.4, 0.5) is 0 Å². The number of methoxy groups -OCH3 is 1. The van der Waals surface area contributed by atoms with Crippen molar-refractivity contribution in [2.24, 2.45) is 5.92 Å². The van der Waals surface area contributed by atoms with Gasteiger partial charge in [-0.05, 0) is 58.1 Å². The molecule has 1 saturated heterocycles. The minimum absolute atomic E-state index is 0.0218. The predicted octanol–water partition coefficient (Wildman–Crippen LogP) is 2.62. The molecule has 2 heterocycles. The Morgan fingerprint density at radius 2 is 2.04 bits per heavy atom. The zero-order chi connectivity index (χ0) is 20.8. The molecule has 0 radical (unpaired) electrons. The van der Waals surface area contributed by atoms with Crippen molar-refractivity contribution in [3.63, 3.8) is 0 Å². The second-order valence-corrected chi connectivity index (χ2v) is 7.71. The molecule has 1 aromatic rings. The number of aryl methyl sites for hydroxylation is 1. The number of hydrogen-bond acceptors (Lipinski definition) is 5. The molecule has 156 valence electrons. The van der Waals surface area contributed by atoms with Crippen LogP contribution in [0.2, 0.25) is 0 Å². The smallest absolute Gasteiger partial charge is 0.339 e. The van der Waals surface area contributed by atoms with Crippen molar-refractivity contribution in [1.82, 2.24) is 15.2 Å². The predicted molar refractivity (Wildman–Crippen MR) is 108 cm³/mol. The Kier molecular flexibility index (Phi) is 7.80. The maximum absolute atomic E-state index is 13.1. The summed E-state index contributed by atoms with van der Waals surface area (Å²) in [6, 6.07) is -0.295. The van der Waals surface area contributed by atoms with Crippen molar-refractivity contribution >= 4 is 17.7 Å². The number of Topliss-reactive ketones (excluding diaryl/α,β-unsaturated/α-hetero) is 1. The fourth-order valence-electron chi connectivity index (χ4n) is 3.97. The molecule has 1 aliphatic rings. The molecule has 1 aliphatic heterocycles. The molecule has 0 aromatic carbocycles. The number of nitrogens with one attached hydrogen (secondary N) is 2. The number of piperidine rings is 1. The van der Waals surface area contributed by atoms with Gasteiger partial charge in [0, 0.05) is 25.2 Å². The Labute approximate surface area is 167 Å². The molecule has 1 aromatic heterocycles. The Balaban J connectivity index is 2.04. The largest absolute Gasteiger partial charge is 0.465 e. The zero-order valence-electron chi connectivity index (χ0n) is 17.7. The summed E-state index contributed by atoms with van der Waals surface area (Å²) in [4.78, 5) is 42.1. The van der Waals surface area contributed by atoms with Gasteiger partial charge in [0.2, 0.25) is 5.91 Å². The second kappa shape index (κ2) is 9.87. The topological polar surface area (TPSA) is 91.5 Å². The Morgan fingerprint density at radius 1 is 1.32 bits per heavy atom. The molecular weight excluding hydrogens is 358 g/mol. The minimum Gasteiger partial charge on any atom is -0.465 e. The van der Waals surface area contributed by atoms with Crippen LogP contribution < -0.4 is 5.32 Å². The van der Waals surface area contributed by atoms with E-state index in [0.29, 0.717) is 41.4 Å². The van der Waals surface area contributed by atoms with E-state index in [9.17, 15) is 14.4 Å². The van der Waals surface area contributed by atoms with Crippen molar-refractivity contribution in [3.05, 3.63) is 22.5 Å². The molecular formula is C21H33N3O4. The number of nitrogens with zero attached hydrogens (tertiary/aromatic N) is 1. The minimum atomic E-state index is -0.432. The summed E-state index contributed by atoms with van der Waals surface area (Å²) in [6.45, 7) is 9.74. The summed E-state index contributed by atoms with van der Waals surface area (Å²) in [7, 11) is 1.34. The fourth-order valence-corrected chi connectivity index (χ4v) is 3.97. The van der Waals surface area contributed by atoms with Crippen LogP contribution in [-0.4, -0.2) is 60.3 Å². The van der Waals surface area contributed by atoms with Crippen LogP contribution in [-0.2, 0) is 9.53 Å². The summed E-state index contributed by atoms with van der Waals surface area (Å²) < 4.78 is 4.83. The first-order valence-corrected chi connectivity index (χ1v) is 10.1. The van der Waals surface area contributed by atoms with Gasteiger partial charge in [-0.2, -0.15) is 0 Å². The van der Waals surface area contributed by atoms with Crippen LogP contribution in [0, 0.1) is 19.8 Å². The lowest BCUT2D eigenvalue weighted by atomic mass is 9.95. The Morgan fingerprint density at radius 3 is 2.68 bits per heavy atom. The molecule has 0 spiro atoms. The standard InChI is InChI=1S/C21H33N3O4/c1-6-8-17(25)22-11-16-9-7-10-24(12-16)15(4)20(26)19-13(2)18(14(3)23-19)21(27)28-5/h15-16,23H,6-12H2,1-5H3,(H,22,25). The van der Waals surface area contributed by atoms with Gasteiger partial charge in [-0.15, -0.1) is 0 Å². The van der Waals surface area contributed by atoms with E-state index in [-0.39, 0.29) is 17.7 Å². The van der Waals surface area contributed by atoms with Gasteiger partial charge < -0.3 is 15.0 Å². The summed E-state index contributed by atoms with van der Waals surface area (Å²) >= 11 is 0. The number of carbonyl (C=O) groups is 3. The molecule has 2 unspecified atom stereocenters. The molecule has 7 heteroatoms. The number of ether oxygens (including phenoxy) is 1. The van der Waals surface area contributed by atoms with Gasteiger partial charge in [-0.1, -0.05) is 6.92 Å². The Hall–Kier alpha value is -2.15. The highest BCUT2D eigenvalue weighted by atomic mass is 16.5. The van der Waals surface area contributed by atoms with Crippen molar-refractivity contribution in [2.75, 3.05) is 26.7 Å². The van der Waals surface area contributed by atoms with E-state index in [2.05, 4.69) is 15.2 Å². The molecule has 28 heavy (non-hydrogen) atoms. The number of aromatic amines is 1. The van der Waals surface area contributed by atoms with Gasteiger partial charge in [0.25, 0.3) is 0 Å². The van der Waals surface area contributed by atoms with E-state index < -0.39 is 5.97 Å². The van der Waals surface area contributed by atoms with Gasteiger partial charge in [0.15, 0.2) is 5.78 Å². The summed E-state index contributed by atoms with van der Waals surface area (Å²) in [5.41, 5.74) is 2.20. The van der Waals surface area contributed by atoms with Gasteiger partial charge in [-0.25, -0.2) is 4.79 Å². The average Bonchev–Trinajstić information content (AvgIpc) is 2.99. The van der Waals surface area contributed by atoms with E-state index in [1.165, 1.54) is 7.11 Å². The van der Waals surface area contributed by atoms with Gasteiger partial charge >= 0.3 is 5.97 Å². The molecule has 0 saturated carbocycles. The Bertz CT molecular complexity index is 725. The third-order valence-electron chi connectivity index (χ3n) is 5.62. The van der Waals surface area contributed by atoms with Crippen LogP contribution in [0.5, 0.6) is 0 Å². The zero-order valence-corrected chi connectivity index (χ0v) is 17.7. The number of hydrogen-bond donors (Lipinski definition) is 2. The van der Waals surface area contributed by atoms with Crippen LogP contribution in [0.1, 0.15) is 71.6 Å². The molecule has 1 amide bonds. The third-order valence-corrected chi connectivity index (χ3v) is 5.62. The monoisotopic (exact) mass is 391 g/mol. The highest BCUT2D eigenvalue weighted by Crippen LogP contribution is 2.24. The number of ketones is 1. The van der Waals surface area contributed by atoms with Crippen LogP contribution in [0.25, 0.3) is 0 Å². The number of rotatable bonds is 8. The highest BCUT2D eigenvalue weighted by molar-refractivity contribution is 6.03. The lowest BCUT2D eigenvalue weighted by molar-refractivity contribution is -0.121. The molecule has 2 rings (SSSR count). The first-order chi connectivity index (χ1) is 13.3. The van der Waals surface area contributed by atoms with Crippen molar-refractivity contribution in [1.29, 1.82) is 0 Å². The van der Waals surface area contributed by atoms with Gasteiger partial charge in [0.05, 0.1) is 24.4 Å². The highest BCUT2D eigenvalue weighted by Gasteiger charge is 2.31. The van der Waals surface area contributed by atoms with Crippen LogP contribution in [0.15, 0.2) is 0 Å². The SMILES string of the molecule is CCCC(=O)NCC1CCCN(C(C)C(=O)c2[nH]c(C)c(C(=O)OC)c2C)C1. The van der Waals surface area contributed by atoms with Crippen molar-refractivity contribution < 1.29 is 19.1 Å². The lowest BCUT2D eigenvalue weighted by Crippen LogP contribution is -2.47. The average molecular weight is 392 g/mol. The molecule has 0 bridgehead atoms. The molecule has 7 nitrogen and oxygen atoms in total. The van der Waals surface area contributed by atoms with E-state index in [1.54, 1.807) is 13.8 Å². The van der Waals surface area contributed by atoms with Crippen LogP contribution in [0.3, 0.4) is 0 Å². The van der Waals surface area contributed by atoms with E-state index in [4.69, 9.17) is 4.74 Å². The van der Waals surface area contributed by atoms with E-state index in [1.807, 2.05) is 13.8 Å². The fraction of sp³-hybridized carbons (Fsp3) is 0.667. The molecule has 1 fully saturated rings. The maximum atomic E-state index is 13.1. The normalized spacial score (nSPS) is 18.5. The quantitative estimate of drug-likeness (QED) is 0.525. The first kappa shape index (κ1) is 22.1. The van der Waals surface area contributed by atoms with Gasteiger partial charge in [0.1, 0.15) is 0 Å². The van der Waals surface area contributed by atoms with Crippen LogP contribution >= 0.6 is 0 Å². The molecule has 0 aliphatic carbocycles. The third kappa shape index (κ3) is 5.01. The van der Waals surface area contributed by atoms with Crippen molar-refractivity contribution in [2.45, 2.75) is 59.4 Å². The first-order valence-electron chi connectivity index (χ1n) is 10.1. The molecule has 2 atom stereocenters. The number of esters is 1. The molecule has 2 N–H and O–H groups in total. The summed E-state index contributed by atoms with van der Waals surface area (Å²) in [5.74, 6) is -0.0104. The second-order valence-electron chi connectivity index (χ2n) is 7.71. The van der Waals surface area contributed by atoms with E-state index in [0.717, 1.165) is 32.4 Å². The summed E-state index contributed by atoms with van der Waals surface area (Å²) in [6.07, 6.45) is 3.45. The number of aromatic nitrogens is 1. The lowest BCUT2D eigenvalue weighted by Gasteiger charge is -2.36. The number of amides is 1. The summed E-state index contributed by atoms with van der Waals surface area (Å²) in [5, 5.41) is 3.00. The number of H-pyrrole nitrogens is 1.